The highest BCUT2D eigenvalue weighted by atomic mass is 16.5. The maximum Gasteiger partial charge on any atom is 0.304 e. The highest BCUT2D eigenvalue weighted by Crippen LogP contribution is 2.37. The first kappa shape index (κ1) is 26.7. The molecule has 3 aromatic carbocycles. The quantitative estimate of drug-likeness (QED) is 0.349. The smallest absolute Gasteiger partial charge is 0.304 e. The van der Waals surface area contributed by atoms with Gasteiger partial charge in [-0.1, -0.05) is 54.1 Å². The molecule has 37 heavy (non-hydrogen) atoms. The summed E-state index contributed by atoms with van der Waals surface area (Å²) < 4.78 is 6.27. The van der Waals surface area contributed by atoms with Crippen molar-refractivity contribution in [2.45, 2.75) is 52.2 Å². The topological polar surface area (TPSA) is 87.8 Å². The van der Waals surface area contributed by atoms with Crippen LogP contribution in [0.15, 0.2) is 54.6 Å². The molecule has 0 aromatic heterocycles. The van der Waals surface area contributed by atoms with Crippen molar-refractivity contribution in [2.24, 2.45) is 0 Å². The Morgan fingerprint density at radius 3 is 2.54 bits per heavy atom. The van der Waals surface area contributed by atoms with E-state index in [2.05, 4.69) is 73.5 Å². The van der Waals surface area contributed by atoms with Crippen LogP contribution in [0.1, 0.15) is 58.2 Å². The molecule has 1 aliphatic rings. The van der Waals surface area contributed by atoms with Gasteiger partial charge in [0.05, 0.1) is 24.4 Å². The first-order valence-corrected chi connectivity index (χ1v) is 12.9. The van der Waals surface area contributed by atoms with E-state index in [1.165, 1.54) is 22.3 Å². The van der Waals surface area contributed by atoms with E-state index in [0.29, 0.717) is 12.3 Å². The molecule has 1 fully saturated rings. The Kier molecular flexibility index (Phi) is 7.90. The third-order valence-corrected chi connectivity index (χ3v) is 7.77. The van der Waals surface area contributed by atoms with Gasteiger partial charge >= 0.3 is 5.97 Å². The molecule has 1 aliphatic heterocycles. The van der Waals surface area contributed by atoms with Gasteiger partial charge in [0.15, 0.2) is 0 Å². The van der Waals surface area contributed by atoms with E-state index in [1.54, 1.807) is 0 Å². The fourth-order valence-electron chi connectivity index (χ4n) is 5.41. The minimum atomic E-state index is -0.829. The fourth-order valence-corrected chi connectivity index (χ4v) is 5.41. The molecule has 1 heterocycles. The van der Waals surface area contributed by atoms with Crippen LogP contribution in [0.4, 0.5) is 11.4 Å². The summed E-state index contributed by atoms with van der Waals surface area (Å²) in [5.41, 5.74) is 15.2. The van der Waals surface area contributed by atoms with Crippen LogP contribution in [0.3, 0.4) is 0 Å². The lowest BCUT2D eigenvalue weighted by Gasteiger charge is -2.41. The number of ether oxygens (including phenoxy) is 1. The zero-order valence-electron chi connectivity index (χ0n) is 22.6. The number of nitrogen functional groups attached to an aromatic ring is 1. The van der Waals surface area contributed by atoms with E-state index >= 15 is 0 Å². The zero-order valence-corrected chi connectivity index (χ0v) is 22.6. The Balaban J connectivity index is 1.63. The van der Waals surface area contributed by atoms with E-state index in [-0.39, 0.29) is 17.9 Å². The van der Waals surface area contributed by atoms with Gasteiger partial charge in [-0.25, -0.2) is 0 Å². The number of anilines is 2. The summed E-state index contributed by atoms with van der Waals surface area (Å²) in [6.07, 6.45) is 0.00469. The van der Waals surface area contributed by atoms with Crippen LogP contribution in [0.2, 0.25) is 0 Å². The summed E-state index contributed by atoms with van der Waals surface area (Å²) in [5.74, 6) is -1.11. The molecule has 2 atom stereocenters. The van der Waals surface area contributed by atoms with Gasteiger partial charge in [-0.15, -0.1) is 0 Å². The second kappa shape index (κ2) is 11.0. The molecule has 0 aliphatic carbocycles. The molecule has 4 rings (SSSR count). The predicted octanol–water partition coefficient (Wildman–Crippen LogP) is 5.59. The van der Waals surface area contributed by atoms with Crippen molar-refractivity contribution in [1.29, 1.82) is 0 Å². The number of hydrogen-bond acceptors (Lipinski definition) is 5. The number of aryl methyl sites for hydroxylation is 2. The van der Waals surface area contributed by atoms with Gasteiger partial charge in [-0.3, -0.25) is 9.69 Å². The maximum atomic E-state index is 11.9. The number of nitrogens with one attached hydrogen (secondary N) is 1. The molecule has 0 amide bonds. The number of carboxylic acids is 1. The van der Waals surface area contributed by atoms with E-state index in [1.807, 2.05) is 26.1 Å². The third kappa shape index (κ3) is 5.81. The Morgan fingerprint density at radius 2 is 1.86 bits per heavy atom. The number of rotatable bonds is 8. The van der Waals surface area contributed by atoms with Crippen molar-refractivity contribution < 1.29 is 14.6 Å². The monoisotopic (exact) mass is 501 g/mol. The summed E-state index contributed by atoms with van der Waals surface area (Å²) in [6, 6.07) is 18.9. The van der Waals surface area contributed by atoms with Gasteiger partial charge in [-0.05, 0) is 67.1 Å². The number of hydrogen-bond donors (Lipinski definition) is 3. The first-order valence-electron chi connectivity index (χ1n) is 12.9. The number of aliphatic carboxylic acids is 1. The van der Waals surface area contributed by atoms with Gasteiger partial charge in [0, 0.05) is 32.6 Å². The molecular weight excluding hydrogens is 462 g/mol. The molecule has 0 spiro atoms. The first-order chi connectivity index (χ1) is 17.6. The molecule has 0 saturated carbocycles. The molecular formula is C31H39N3O3. The summed E-state index contributed by atoms with van der Waals surface area (Å²) in [4.78, 5) is 14.3. The summed E-state index contributed by atoms with van der Waals surface area (Å²) in [7, 11) is 1.83. The second-order valence-electron chi connectivity index (χ2n) is 10.5. The summed E-state index contributed by atoms with van der Waals surface area (Å²) in [6.45, 7) is 11.4. The van der Waals surface area contributed by atoms with Crippen molar-refractivity contribution in [3.63, 3.8) is 0 Å². The number of morpholine rings is 1. The van der Waals surface area contributed by atoms with Gasteiger partial charge in [0.2, 0.25) is 0 Å². The van der Waals surface area contributed by atoms with Crippen molar-refractivity contribution in [3.05, 3.63) is 93.5 Å². The Hall–Kier alpha value is -3.35. The van der Waals surface area contributed by atoms with Gasteiger partial charge < -0.3 is 20.9 Å². The minimum absolute atomic E-state index is 0.00469. The van der Waals surface area contributed by atoms with Crippen LogP contribution in [0.25, 0.3) is 0 Å². The van der Waals surface area contributed by atoms with Crippen LogP contribution in [0, 0.1) is 20.8 Å². The number of nitrogens with two attached hydrogens (primary N) is 1. The largest absolute Gasteiger partial charge is 0.481 e. The molecule has 1 saturated heterocycles. The number of carboxylic acid groups (broad SMARTS) is 1. The van der Waals surface area contributed by atoms with Crippen LogP contribution in [-0.2, 0) is 21.7 Å². The standard InChI is InChI=1S/C31H39N3O3/c1-20-6-10-25(11-7-20)31(4)19-34(14-15-37-31)18-24-16-23(9-8-21(24)2)27(17-29(35)36)26-12-13-28(33-5)30(32)22(26)3/h6-13,16,27,33H,14-15,17-19,32H2,1-5H3,(H,35,36). The molecule has 196 valence electrons. The van der Waals surface area contributed by atoms with Crippen molar-refractivity contribution >= 4 is 17.3 Å². The Labute approximate surface area is 220 Å². The van der Waals surface area contributed by atoms with E-state index in [9.17, 15) is 9.90 Å². The predicted molar refractivity (Wildman–Crippen MR) is 150 cm³/mol. The average Bonchev–Trinajstić information content (AvgIpc) is 2.86. The molecule has 3 aromatic rings. The summed E-state index contributed by atoms with van der Waals surface area (Å²) in [5, 5.41) is 12.9. The molecule has 6 nitrogen and oxygen atoms in total. The number of benzene rings is 3. The lowest BCUT2D eigenvalue weighted by molar-refractivity contribution is -0.137. The number of carbonyl (C=O) groups is 1. The summed E-state index contributed by atoms with van der Waals surface area (Å²) >= 11 is 0. The average molecular weight is 502 g/mol. The Morgan fingerprint density at radius 1 is 1.14 bits per heavy atom. The van der Waals surface area contributed by atoms with Crippen molar-refractivity contribution in [2.75, 3.05) is 37.8 Å². The fraction of sp³-hybridized carbons (Fsp3) is 0.387. The Bertz CT molecular complexity index is 1270. The lowest BCUT2D eigenvalue weighted by atomic mass is 9.84. The van der Waals surface area contributed by atoms with Gasteiger partial charge in [0.1, 0.15) is 5.60 Å². The van der Waals surface area contributed by atoms with Crippen LogP contribution in [-0.4, -0.2) is 42.7 Å². The highest BCUT2D eigenvalue weighted by molar-refractivity contribution is 5.74. The molecule has 2 unspecified atom stereocenters. The van der Waals surface area contributed by atoms with Crippen molar-refractivity contribution in [3.8, 4) is 0 Å². The maximum absolute atomic E-state index is 11.9. The minimum Gasteiger partial charge on any atom is -0.481 e. The van der Waals surface area contributed by atoms with Gasteiger partial charge in [0.25, 0.3) is 0 Å². The highest BCUT2D eigenvalue weighted by Gasteiger charge is 2.34. The SMILES string of the molecule is CNc1ccc(C(CC(=O)O)c2ccc(C)c(CN3CCOC(C)(c4ccc(C)cc4)C3)c2)c(C)c1N. The van der Waals surface area contributed by atoms with E-state index < -0.39 is 5.97 Å². The van der Waals surface area contributed by atoms with Crippen molar-refractivity contribution in [1.82, 2.24) is 4.90 Å². The third-order valence-electron chi connectivity index (χ3n) is 7.77. The zero-order chi connectivity index (χ0) is 26.7. The molecule has 0 radical (unpaired) electrons. The second-order valence-corrected chi connectivity index (χ2v) is 10.5. The van der Waals surface area contributed by atoms with E-state index in [4.69, 9.17) is 10.5 Å². The van der Waals surface area contributed by atoms with Crippen LogP contribution >= 0.6 is 0 Å². The molecule has 0 bridgehead atoms. The van der Waals surface area contributed by atoms with E-state index in [0.717, 1.165) is 42.0 Å². The van der Waals surface area contributed by atoms with Gasteiger partial charge in [-0.2, -0.15) is 0 Å². The van der Waals surface area contributed by atoms with Crippen LogP contribution in [0.5, 0.6) is 0 Å². The lowest BCUT2D eigenvalue weighted by Crippen LogP contribution is -2.47. The number of nitrogens with zero attached hydrogens (tertiary/aromatic N) is 1. The van der Waals surface area contributed by atoms with Crippen LogP contribution < -0.4 is 11.1 Å². The molecule has 6 heteroatoms. The normalized spacial score (nSPS) is 18.9. The molecule has 4 N–H and O–H groups in total.